The van der Waals surface area contributed by atoms with Crippen LogP contribution < -0.4 is 5.32 Å². The normalized spacial score (nSPS) is 36.1. The van der Waals surface area contributed by atoms with Gasteiger partial charge in [0.05, 0.1) is 12.6 Å². The number of amides is 1. The van der Waals surface area contributed by atoms with E-state index < -0.39 is 0 Å². The number of ketones is 1. The second-order valence-electron chi connectivity index (χ2n) is 6.39. The van der Waals surface area contributed by atoms with Crippen LogP contribution in [0.2, 0.25) is 0 Å². The van der Waals surface area contributed by atoms with Crippen molar-refractivity contribution < 1.29 is 9.59 Å². The number of nitrogens with zero attached hydrogens (tertiary/aromatic N) is 2. The fourth-order valence-electron chi connectivity index (χ4n) is 4.08. The van der Waals surface area contributed by atoms with Crippen molar-refractivity contribution in [1.82, 2.24) is 10.2 Å². The summed E-state index contributed by atoms with van der Waals surface area (Å²) in [5.74, 6) is 1.52. The molecule has 2 aliphatic carbocycles. The number of fused-ring (bicyclic) bond motifs is 1. The molecule has 1 aliphatic heterocycles. The van der Waals surface area contributed by atoms with E-state index in [4.69, 9.17) is 5.26 Å². The van der Waals surface area contributed by atoms with Gasteiger partial charge in [-0.05, 0) is 37.5 Å². The number of carbonyl (C=O) groups excluding carboxylic acids is 2. The van der Waals surface area contributed by atoms with Crippen LogP contribution in [0, 0.1) is 23.2 Å². The van der Waals surface area contributed by atoms with E-state index in [1.54, 1.807) is 4.90 Å². The molecule has 3 fully saturated rings. The van der Waals surface area contributed by atoms with Crippen LogP contribution in [0.5, 0.6) is 0 Å². The molecule has 108 valence electrons. The Bertz CT molecular complexity index is 441. The van der Waals surface area contributed by atoms with Crippen LogP contribution in [0.3, 0.4) is 0 Å². The molecule has 1 saturated heterocycles. The molecule has 0 aromatic carbocycles. The maximum absolute atomic E-state index is 12.1. The van der Waals surface area contributed by atoms with Crippen LogP contribution >= 0.6 is 0 Å². The molecule has 5 heteroatoms. The van der Waals surface area contributed by atoms with E-state index in [1.807, 2.05) is 0 Å². The van der Waals surface area contributed by atoms with Crippen LogP contribution in [0.4, 0.5) is 0 Å². The summed E-state index contributed by atoms with van der Waals surface area (Å²) in [4.78, 5) is 25.2. The van der Waals surface area contributed by atoms with Gasteiger partial charge in [0.25, 0.3) is 0 Å². The highest BCUT2D eigenvalue weighted by Gasteiger charge is 2.41. The van der Waals surface area contributed by atoms with Crippen LogP contribution in [0.1, 0.15) is 38.5 Å². The van der Waals surface area contributed by atoms with Gasteiger partial charge >= 0.3 is 0 Å². The highest BCUT2D eigenvalue weighted by Crippen LogP contribution is 2.42. The van der Waals surface area contributed by atoms with Crippen molar-refractivity contribution in [3.05, 3.63) is 0 Å². The molecular formula is C15H21N3O2. The third-order valence-electron chi connectivity index (χ3n) is 5.09. The quantitative estimate of drug-likeness (QED) is 0.828. The van der Waals surface area contributed by atoms with Gasteiger partial charge in [0.1, 0.15) is 11.8 Å². The summed E-state index contributed by atoms with van der Waals surface area (Å²) in [5, 5.41) is 12.3. The van der Waals surface area contributed by atoms with Gasteiger partial charge in [-0.3, -0.25) is 9.59 Å². The lowest BCUT2D eigenvalue weighted by molar-refractivity contribution is -0.130. The molecule has 3 rings (SSSR count). The Kier molecular flexibility index (Phi) is 3.75. The van der Waals surface area contributed by atoms with Crippen LogP contribution in [-0.4, -0.2) is 41.8 Å². The number of hydrogen-bond donors (Lipinski definition) is 1. The topological polar surface area (TPSA) is 73.2 Å². The number of hydrogen-bond acceptors (Lipinski definition) is 4. The van der Waals surface area contributed by atoms with Crippen LogP contribution in [-0.2, 0) is 9.59 Å². The van der Waals surface area contributed by atoms with Gasteiger partial charge < -0.3 is 10.2 Å². The van der Waals surface area contributed by atoms with E-state index in [0.29, 0.717) is 36.8 Å². The first-order valence-corrected chi connectivity index (χ1v) is 7.61. The molecule has 1 amide bonds. The second kappa shape index (κ2) is 5.53. The number of carbonyl (C=O) groups is 2. The minimum atomic E-state index is -0.232. The Labute approximate surface area is 119 Å². The summed E-state index contributed by atoms with van der Waals surface area (Å²) in [6.07, 6.45) is 5.24. The summed E-state index contributed by atoms with van der Waals surface area (Å²) in [6, 6.07) is 2.33. The highest BCUT2D eigenvalue weighted by molar-refractivity contribution is 5.81. The van der Waals surface area contributed by atoms with Gasteiger partial charge in [-0.2, -0.15) is 5.26 Å². The maximum Gasteiger partial charge on any atom is 0.237 e. The predicted molar refractivity (Wildman–Crippen MR) is 72.6 cm³/mol. The molecule has 3 aliphatic rings. The fraction of sp³-hybridized carbons (Fsp3) is 0.800. The van der Waals surface area contributed by atoms with E-state index in [2.05, 4.69) is 11.4 Å². The monoisotopic (exact) mass is 275 g/mol. The van der Waals surface area contributed by atoms with Crippen molar-refractivity contribution in [1.29, 1.82) is 5.26 Å². The average molecular weight is 275 g/mol. The summed E-state index contributed by atoms with van der Waals surface area (Å²) in [6.45, 7) is 1.04. The van der Waals surface area contributed by atoms with Crippen LogP contribution in [0.15, 0.2) is 0 Å². The molecular weight excluding hydrogens is 254 g/mol. The number of rotatable bonds is 3. The summed E-state index contributed by atoms with van der Waals surface area (Å²) >= 11 is 0. The van der Waals surface area contributed by atoms with Gasteiger partial charge in [0.2, 0.25) is 5.91 Å². The molecule has 0 aromatic rings. The van der Waals surface area contributed by atoms with Crippen molar-refractivity contribution in [2.45, 2.75) is 50.6 Å². The van der Waals surface area contributed by atoms with Gasteiger partial charge in [0, 0.05) is 25.4 Å². The van der Waals surface area contributed by atoms with Crippen molar-refractivity contribution in [3.8, 4) is 6.07 Å². The zero-order valence-electron chi connectivity index (χ0n) is 11.7. The van der Waals surface area contributed by atoms with Gasteiger partial charge in [-0.15, -0.1) is 0 Å². The third-order valence-corrected chi connectivity index (χ3v) is 5.09. The van der Waals surface area contributed by atoms with Crippen LogP contribution in [0.25, 0.3) is 0 Å². The first-order valence-electron chi connectivity index (χ1n) is 7.61. The average Bonchev–Trinajstić information content (AvgIpc) is 3.08. The molecule has 0 radical (unpaired) electrons. The molecule has 2 saturated carbocycles. The molecule has 20 heavy (non-hydrogen) atoms. The highest BCUT2D eigenvalue weighted by atomic mass is 16.2. The van der Waals surface area contributed by atoms with E-state index in [9.17, 15) is 9.59 Å². The molecule has 0 spiro atoms. The zero-order valence-corrected chi connectivity index (χ0v) is 11.7. The van der Waals surface area contributed by atoms with Gasteiger partial charge in [-0.1, -0.05) is 0 Å². The summed E-state index contributed by atoms with van der Waals surface area (Å²) in [5.41, 5.74) is 0. The predicted octanol–water partition coefficient (Wildman–Crippen LogP) is 0.848. The Morgan fingerprint density at radius 1 is 1.35 bits per heavy atom. The smallest absolute Gasteiger partial charge is 0.237 e. The van der Waals surface area contributed by atoms with E-state index in [-0.39, 0.29) is 11.9 Å². The molecule has 1 heterocycles. The molecule has 4 atom stereocenters. The van der Waals surface area contributed by atoms with Crippen molar-refractivity contribution in [3.63, 3.8) is 0 Å². The van der Waals surface area contributed by atoms with E-state index >= 15 is 0 Å². The standard InChI is InChI=1S/C15H21N3O2/c16-8-13-2-1-3-18(13)15(20)9-17-12-4-10-6-14(19)7-11(10)5-12/h10-13,17H,1-7,9H2/t10-,11+,12?,13-/m0/s1. The minimum absolute atomic E-state index is 0.0437. The number of nitriles is 1. The summed E-state index contributed by atoms with van der Waals surface area (Å²) < 4.78 is 0. The molecule has 1 unspecified atom stereocenters. The Balaban J connectivity index is 1.45. The maximum atomic E-state index is 12.1. The SMILES string of the molecule is N#C[C@@H]1CCCN1C(=O)CNC1C[C@H]2CC(=O)C[C@H]2C1. The first kappa shape index (κ1) is 13.6. The van der Waals surface area contributed by atoms with E-state index in [1.165, 1.54) is 0 Å². The molecule has 0 bridgehead atoms. The van der Waals surface area contributed by atoms with Gasteiger partial charge in [0.15, 0.2) is 0 Å². The number of Topliss-reactive ketones (excluding diaryl/α,β-unsaturated/α-hetero) is 1. The third kappa shape index (κ3) is 2.57. The Morgan fingerprint density at radius 2 is 2.05 bits per heavy atom. The summed E-state index contributed by atoms with van der Waals surface area (Å²) in [7, 11) is 0. The molecule has 1 N–H and O–H groups in total. The largest absolute Gasteiger partial charge is 0.326 e. The lowest BCUT2D eigenvalue weighted by atomic mass is 10.0. The zero-order chi connectivity index (χ0) is 14.1. The number of nitrogens with one attached hydrogen (secondary N) is 1. The Morgan fingerprint density at radius 3 is 2.70 bits per heavy atom. The first-order chi connectivity index (χ1) is 9.67. The number of likely N-dealkylation sites (tertiary alicyclic amines) is 1. The van der Waals surface area contributed by atoms with E-state index in [0.717, 1.165) is 38.5 Å². The van der Waals surface area contributed by atoms with Crippen molar-refractivity contribution >= 4 is 11.7 Å². The second-order valence-corrected chi connectivity index (χ2v) is 6.39. The minimum Gasteiger partial charge on any atom is -0.326 e. The Hall–Kier alpha value is -1.41. The fourth-order valence-corrected chi connectivity index (χ4v) is 4.08. The lowest BCUT2D eigenvalue weighted by Crippen LogP contribution is -2.43. The van der Waals surface area contributed by atoms with Crippen molar-refractivity contribution in [2.24, 2.45) is 11.8 Å². The molecule has 0 aromatic heterocycles. The molecule has 5 nitrogen and oxygen atoms in total. The van der Waals surface area contributed by atoms with Crippen molar-refractivity contribution in [2.75, 3.05) is 13.1 Å². The lowest BCUT2D eigenvalue weighted by Gasteiger charge is -2.21. The van der Waals surface area contributed by atoms with Gasteiger partial charge in [-0.25, -0.2) is 0 Å².